The Morgan fingerprint density at radius 3 is 1.55 bits per heavy atom. The molecule has 0 radical (unpaired) electrons. The first-order valence-corrected chi connectivity index (χ1v) is 27.8. The second kappa shape index (κ2) is 23.1. The molecular formula is C50H86O6Si2. The van der Waals surface area contributed by atoms with E-state index in [1.807, 2.05) is 24.3 Å². The summed E-state index contributed by atoms with van der Waals surface area (Å²) >= 11 is 0. The average Bonchev–Trinajstić information content (AvgIpc) is 3.14. The number of rotatable bonds is 24. The van der Waals surface area contributed by atoms with E-state index in [0.717, 1.165) is 35.5 Å². The van der Waals surface area contributed by atoms with Gasteiger partial charge in [0.25, 0.3) is 0 Å². The van der Waals surface area contributed by atoms with Gasteiger partial charge in [-0.3, -0.25) is 0 Å². The van der Waals surface area contributed by atoms with Crippen LogP contribution in [0.3, 0.4) is 0 Å². The topological polar surface area (TPSA) is 55.4 Å². The lowest BCUT2D eigenvalue weighted by atomic mass is 9.81. The lowest BCUT2D eigenvalue weighted by Crippen LogP contribution is -2.50. The fourth-order valence-electron chi connectivity index (χ4n) is 7.28. The van der Waals surface area contributed by atoms with Crippen molar-refractivity contribution in [2.75, 3.05) is 20.8 Å². The molecule has 0 bridgehead atoms. The quantitative estimate of drug-likeness (QED) is 0.0775. The number of hydrogen-bond donors (Lipinski definition) is 0. The van der Waals surface area contributed by atoms with Crippen molar-refractivity contribution >= 4 is 16.6 Å². The molecule has 0 spiro atoms. The van der Waals surface area contributed by atoms with Gasteiger partial charge in [-0.2, -0.15) is 0 Å². The number of methoxy groups -OCH3 is 2. The number of hydrogen-bond acceptors (Lipinski definition) is 6. The molecule has 0 aromatic heterocycles. The molecule has 0 amide bonds. The molecule has 8 heteroatoms. The second-order valence-electron chi connectivity index (χ2n) is 20.3. The lowest BCUT2D eigenvalue weighted by molar-refractivity contribution is -0.0644. The highest BCUT2D eigenvalue weighted by molar-refractivity contribution is 6.74. The summed E-state index contributed by atoms with van der Waals surface area (Å²) in [5, 5.41) is 0.180. The molecule has 58 heavy (non-hydrogen) atoms. The number of ether oxygens (including phenoxy) is 4. The van der Waals surface area contributed by atoms with Crippen LogP contribution in [-0.4, -0.2) is 55.8 Å². The molecule has 0 aliphatic rings. The van der Waals surface area contributed by atoms with Crippen molar-refractivity contribution in [2.45, 2.75) is 171 Å². The van der Waals surface area contributed by atoms with Gasteiger partial charge in [0.05, 0.1) is 52.4 Å². The van der Waals surface area contributed by atoms with Gasteiger partial charge in [-0.15, -0.1) is 0 Å². The molecule has 2 aromatic carbocycles. The van der Waals surface area contributed by atoms with Crippen LogP contribution in [0.2, 0.25) is 36.3 Å². The summed E-state index contributed by atoms with van der Waals surface area (Å²) in [6, 6.07) is 16.4. The van der Waals surface area contributed by atoms with Gasteiger partial charge in [0.2, 0.25) is 0 Å². The molecule has 0 saturated carbocycles. The average molecular weight is 839 g/mol. The number of benzene rings is 2. The summed E-state index contributed by atoms with van der Waals surface area (Å²) in [6.07, 6.45) is 9.05. The van der Waals surface area contributed by atoms with E-state index in [2.05, 4.69) is 159 Å². The maximum absolute atomic E-state index is 7.48. The smallest absolute Gasteiger partial charge is 0.192 e. The van der Waals surface area contributed by atoms with E-state index in [4.69, 9.17) is 27.8 Å². The highest BCUT2D eigenvalue weighted by Gasteiger charge is 2.44. The van der Waals surface area contributed by atoms with Gasteiger partial charge >= 0.3 is 0 Å². The van der Waals surface area contributed by atoms with Crippen molar-refractivity contribution in [3.63, 3.8) is 0 Å². The summed E-state index contributed by atoms with van der Waals surface area (Å²) in [7, 11) is -0.822. The van der Waals surface area contributed by atoms with Crippen LogP contribution in [0, 0.1) is 29.6 Å². The largest absolute Gasteiger partial charge is 0.497 e. The SMILES string of the molecule is CC/C=C\C(C)[C@H](OCc1ccc(OC)cc1)[C@@H](C)[C@H](O[Si](C)(C)C(C)(C)C)[C@@H](C)C/C(C)=C\[C@H](C)[C@@H](O[Si](C)(C)C(C)(C)C)C(C)COCc1ccc(OC)cc1. The van der Waals surface area contributed by atoms with Crippen LogP contribution in [-0.2, 0) is 31.5 Å². The molecule has 0 aliphatic carbocycles. The second-order valence-corrected chi connectivity index (χ2v) is 29.8. The molecule has 8 atom stereocenters. The Bertz CT molecular complexity index is 1520. The Hall–Kier alpha value is -2.21. The monoisotopic (exact) mass is 839 g/mol. The van der Waals surface area contributed by atoms with Crippen molar-refractivity contribution in [1.82, 2.24) is 0 Å². The van der Waals surface area contributed by atoms with Gasteiger partial charge in [0.15, 0.2) is 16.6 Å². The summed E-state index contributed by atoms with van der Waals surface area (Å²) < 4.78 is 38.8. The van der Waals surface area contributed by atoms with E-state index in [-0.39, 0.29) is 58.0 Å². The van der Waals surface area contributed by atoms with Crippen molar-refractivity contribution < 1.29 is 27.8 Å². The molecule has 0 saturated heterocycles. The molecule has 2 aromatic rings. The van der Waals surface area contributed by atoms with E-state index < -0.39 is 16.6 Å². The fraction of sp³-hybridized carbons (Fsp3) is 0.680. The molecule has 0 aliphatic heterocycles. The minimum Gasteiger partial charge on any atom is -0.497 e. The van der Waals surface area contributed by atoms with Crippen LogP contribution >= 0.6 is 0 Å². The van der Waals surface area contributed by atoms with E-state index in [1.54, 1.807) is 14.2 Å². The van der Waals surface area contributed by atoms with Crippen LogP contribution in [0.15, 0.2) is 72.3 Å². The zero-order chi connectivity index (χ0) is 44.1. The standard InChI is InChI=1S/C50H86O6Si2/c1-20-21-22-37(3)47(54-35-43-25-29-45(52-15)30-26-43)41(7)48(56-58(18,19)50(11,12)13)39(5)32-36(2)31-38(4)46(55-57(16,17)49(8,9)10)40(6)33-53-34-42-23-27-44(51-14)28-24-42/h21-31,37-41,46-48H,20,32-35H2,1-19H3/b22-21-,36-31-/t37?,38-,39-,40?,41+,46+,47-,48+/m0/s1. The minimum absolute atomic E-state index is 0.0162. The molecule has 0 N–H and O–H groups in total. The zero-order valence-electron chi connectivity index (χ0n) is 40.5. The minimum atomic E-state index is -2.14. The van der Waals surface area contributed by atoms with Crippen molar-refractivity contribution in [1.29, 1.82) is 0 Å². The Morgan fingerprint density at radius 1 is 0.638 bits per heavy atom. The van der Waals surface area contributed by atoms with Crippen LogP contribution in [0.4, 0.5) is 0 Å². The molecule has 0 fully saturated rings. The maximum atomic E-state index is 7.48. The third kappa shape index (κ3) is 16.0. The van der Waals surface area contributed by atoms with Crippen molar-refractivity contribution in [3.8, 4) is 11.5 Å². The maximum Gasteiger partial charge on any atom is 0.192 e. The van der Waals surface area contributed by atoms with Gasteiger partial charge in [-0.25, -0.2) is 0 Å². The first-order valence-electron chi connectivity index (χ1n) is 22.0. The van der Waals surface area contributed by atoms with E-state index in [9.17, 15) is 0 Å². The molecule has 330 valence electrons. The van der Waals surface area contributed by atoms with Gasteiger partial charge in [0, 0.05) is 17.8 Å². The third-order valence-corrected chi connectivity index (χ3v) is 21.9. The predicted molar refractivity (Wildman–Crippen MR) is 252 cm³/mol. The van der Waals surface area contributed by atoms with Gasteiger partial charge < -0.3 is 27.8 Å². The van der Waals surface area contributed by atoms with Crippen LogP contribution in [0.5, 0.6) is 11.5 Å². The Kier molecular flexibility index (Phi) is 20.7. The van der Waals surface area contributed by atoms with Gasteiger partial charge in [0.1, 0.15) is 11.5 Å². The van der Waals surface area contributed by atoms with E-state index in [1.165, 1.54) is 5.57 Å². The Balaban J connectivity index is 2.44. The molecule has 2 rings (SSSR count). The molecule has 6 nitrogen and oxygen atoms in total. The van der Waals surface area contributed by atoms with Gasteiger partial charge in [-0.05, 0) is 103 Å². The number of allylic oxidation sites excluding steroid dienone is 2. The normalized spacial score (nSPS) is 17.7. The Labute approximate surface area is 359 Å². The Morgan fingerprint density at radius 2 is 1.10 bits per heavy atom. The molecular weight excluding hydrogens is 753 g/mol. The van der Waals surface area contributed by atoms with Gasteiger partial charge in [-0.1, -0.05) is 131 Å². The fourth-order valence-corrected chi connectivity index (χ4v) is 10.2. The summed E-state index contributed by atoms with van der Waals surface area (Å²) in [5.41, 5.74) is 3.66. The lowest BCUT2D eigenvalue weighted by Gasteiger charge is -2.45. The first kappa shape index (κ1) is 51.9. The van der Waals surface area contributed by atoms with Crippen LogP contribution in [0.1, 0.15) is 114 Å². The van der Waals surface area contributed by atoms with Crippen LogP contribution in [0.25, 0.3) is 0 Å². The van der Waals surface area contributed by atoms with Crippen molar-refractivity contribution in [2.24, 2.45) is 29.6 Å². The van der Waals surface area contributed by atoms with E-state index in [0.29, 0.717) is 19.8 Å². The third-order valence-electron chi connectivity index (χ3n) is 12.9. The molecule has 2 unspecified atom stereocenters. The summed E-state index contributed by atoms with van der Waals surface area (Å²) in [6.45, 7) is 41.4. The summed E-state index contributed by atoms with van der Waals surface area (Å²) in [5.74, 6) is 2.78. The highest BCUT2D eigenvalue weighted by atomic mass is 28.4. The first-order chi connectivity index (χ1) is 26.9. The van der Waals surface area contributed by atoms with Crippen molar-refractivity contribution in [3.05, 3.63) is 83.5 Å². The molecule has 0 heterocycles. The highest BCUT2D eigenvalue weighted by Crippen LogP contribution is 2.42. The zero-order valence-corrected chi connectivity index (χ0v) is 42.5. The van der Waals surface area contributed by atoms with E-state index >= 15 is 0 Å². The predicted octanol–water partition coefficient (Wildman–Crippen LogP) is 14.1. The van der Waals surface area contributed by atoms with Crippen LogP contribution < -0.4 is 9.47 Å². The summed E-state index contributed by atoms with van der Waals surface area (Å²) in [4.78, 5) is 0.